The van der Waals surface area contributed by atoms with Crippen molar-refractivity contribution in [1.29, 1.82) is 0 Å². The van der Waals surface area contributed by atoms with Crippen molar-refractivity contribution in [2.45, 2.75) is 69.7 Å². The molecule has 0 amide bonds. The van der Waals surface area contributed by atoms with Gasteiger partial charge < -0.3 is 10.0 Å². The Morgan fingerprint density at radius 3 is 2.39 bits per heavy atom. The minimum Gasteiger partial charge on any atom is -0.385 e. The summed E-state index contributed by atoms with van der Waals surface area (Å²) in [6.45, 7) is 5.10. The average molecular weight is 379 g/mol. The summed E-state index contributed by atoms with van der Waals surface area (Å²) in [5.74, 6) is 0.885. The van der Waals surface area contributed by atoms with Gasteiger partial charge in [-0.2, -0.15) is 0 Å². The molecule has 5 nitrogen and oxygen atoms in total. The van der Waals surface area contributed by atoms with E-state index in [-0.39, 0.29) is 0 Å². The fourth-order valence-corrected chi connectivity index (χ4v) is 5.40. The van der Waals surface area contributed by atoms with Crippen molar-refractivity contribution < 1.29 is 5.11 Å². The van der Waals surface area contributed by atoms with E-state index in [1.54, 1.807) is 0 Å². The fourth-order valence-electron chi connectivity index (χ4n) is 5.40. The standard InChI is InChI=1S/C23H30N4O/c1-17-4-6-18(7-5-17)23(28)14-20-8-9-21(15-23)27(20)16-19-10-11-24-22(25-19)26-12-2-3-13-26/h4-7,10-11,20-21,28H,2-3,8-9,12-16H2,1H3/t20-,21-/m1/s1. The maximum atomic E-state index is 11.4. The second-order valence-electron chi connectivity index (χ2n) is 8.91. The topological polar surface area (TPSA) is 52.5 Å². The minimum absolute atomic E-state index is 0.426. The van der Waals surface area contributed by atoms with Crippen LogP contribution in [0, 0.1) is 6.92 Å². The van der Waals surface area contributed by atoms with Gasteiger partial charge in [-0.1, -0.05) is 29.8 Å². The molecule has 5 heteroatoms. The maximum absolute atomic E-state index is 11.4. The normalized spacial score (nSPS) is 30.1. The number of anilines is 1. The van der Waals surface area contributed by atoms with Gasteiger partial charge in [0.2, 0.25) is 5.95 Å². The molecule has 1 N–H and O–H groups in total. The first kappa shape index (κ1) is 18.1. The molecule has 4 heterocycles. The van der Waals surface area contributed by atoms with Crippen LogP contribution in [-0.4, -0.2) is 45.1 Å². The van der Waals surface area contributed by atoms with E-state index in [1.165, 1.54) is 31.2 Å². The lowest BCUT2D eigenvalue weighted by Gasteiger charge is -2.44. The number of aromatic nitrogens is 2. The molecule has 3 fully saturated rings. The summed E-state index contributed by atoms with van der Waals surface area (Å²) in [6.07, 6.45) is 8.35. The van der Waals surface area contributed by atoms with Crippen molar-refractivity contribution in [2.24, 2.45) is 0 Å². The average Bonchev–Trinajstić information content (AvgIpc) is 3.31. The van der Waals surface area contributed by atoms with Crippen LogP contribution >= 0.6 is 0 Å². The van der Waals surface area contributed by atoms with Gasteiger partial charge >= 0.3 is 0 Å². The molecular formula is C23H30N4O. The Hall–Kier alpha value is -1.98. The van der Waals surface area contributed by atoms with Gasteiger partial charge in [-0.25, -0.2) is 9.97 Å². The van der Waals surface area contributed by atoms with Gasteiger partial charge in [0.25, 0.3) is 0 Å². The lowest BCUT2D eigenvalue weighted by atomic mass is 9.80. The highest BCUT2D eigenvalue weighted by atomic mass is 16.3. The molecule has 1 aromatic heterocycles. The Balaban J connectivity index is 1.32. The number of piperidine rings is 1. The number of benzene rings is 1. The van der Waals surface area contributed by atoms with Crippen molar-refractivity contribution in [3.8, 4) is 0 Å². The number of hydrogen-bond donors (Lipinski definition) is 1. The van der Waals surface area contributed by atoms with E-state index >= 15 is 0 Å². The van der Waals surface area contributed by atoms with Crippen LogP contribution in [-0.2, 0) is 12.1 Å². The molecule has 0 spiro atoms. The van der Waals surface area contributed by atoms with E-state index in [0.717, 1.165) is 49.7 Å². The van der Waals surface area contributed by atoms with Crippen LogP contribution in [0.2, 0.25) is 0 Å². The minimum atomic E-state index is -0.692. The molecule has 2 atom stereocenters. The van der Waals surface area contributed by atoms with Crippen LogP contribution < -0.4 is 4.90 Å². The number of hydrogen-bond acceptors (Lipinski definition) is 5. The van der Waals surface area contributed by atoms with Gasteiger partial charge in [-0.05, 0) is 57.1 Å². The van der Waals surface area contributed by atoms with Crippen molar-refractivity contribution in [2.75, 3.05) is 18.0 Å². The third-order valence-electron chi connectivity index (χ3n) is 6.94. The van der Waals surface area contributed by atoms with Crippen molar-refractivity contribution in [3.63, 3.8) is 0 Å². The predicted molar refractivity (Wildman–Crippen MR) is 110 cm³/mol. The van der Waals surface area contributed by atoms with E-state index in [2.05, 4.69) is 52.0 Å². The summed E-state index contributed by atoms with van der Waals surface area (Å²) in [6, 6.07) is 11.4. The lowest BCUT2D eigenvalue weighted by Crippen LogP contribution is -2.49. The SMILES string of the molecule is Cc1ccc(C2(O)C[C@H]3CC[C@H](C2)N3Cc2ccnc(N3CCCC3)n2)cc1. The number of nitrogens with zero attached hydrogens (tertiary/aromatic N) is 4. The molecule has 5 rings (SSSR count). The van der Waals surface area contributed by atoms with Crippen LogP contribution in [0.25, 0.3) is 0 Å². The molecular weight excluding hydrogens is 348 g/mol. The lowest BCUT2D eigenvalue weighted by molar-refractivity contribution is -0.0598. The summed E-state index contributed by atoms with van der Waals surface area (Å²) in [5, 5.41) is 11.4. The number of rotatable bonds is 4. The highest BCUT2D eigenvalue weighted by molar-refractivity contribution is 5.32. The third kappa shape index (κ3) is 3.31. The molecule has 2 bridgehead atoms. The van der Waals surface area contributed by atoms with Crippen LogP contribution in [0.1, 0.15) is 55.3 Å². The Labute approximate surface area is 167 Å². The Morgan fingerprint density at radius 2 is 1.71 bits per heavy atom. The fraction of sp³-hybridized carbons (Fsp3) is 0.565. The first-order valence-electron chi connectivity index (χ1n) is 10.7. The molecule has 0 radical (unpaired) electrons. The summed E-state index contributed by atoms with van der Waals surface area (Å²) in [5.41, 5.74) is 2.73. The number of aryl methyl sites for hydroxylation is 1. The van der Waals surface area contributed by atoms with Gasteiger partial charge in [0.1, 0.15) is 0 Å². The van der Waals surface area contributed by atoms with E-state index in [9.17, 15) is 5.11 Å². The van der Waals surface area contributed by atoms with Crippen LogP contribution in [0.15, 0.2) is 36.5 Å². The zero-order valence-electron chi connectivity index (χ0n) is 16.7. The van der Waals surface area contributed by atoms with E-state index < -0.39 is 5.60 Å². The molecule has 3 aliphatic heterocycles. The number of aliphatic hydroxyl groups is 1. The largest absolute Gasteiger partial charge is 0.385 e. The van der Waals surface area contributed by atoms with Crippen LogP contribution in [0.5, 0.6) is 0 Å². The smallest absolute Gasteiger partial charge is 0.225 e. The zero-order valence-corrected chi connectivity index (χ0v) is 16.7. The summed E-state index contributed by atoms with van der Waals surface area (Å²) >= 11 is 0. The Bertz CT molecular complexity index is 817. The first-order chi connectivity index (χ1) is 13.6. The molecule has 3 aliphatic rings. The van der Waals surface area contributed by atoms with E-state index in [1.807, 2.05) is 6.20 Å². The van der Waals surface area contributed by atoms with Crippen molar-refractivity contribution >= 4 is 5.95 Å². The molecule has 2 aromatic rings. The number of fused-ring (bicyclic) bond motifs is 2. The van der Waals surface area contributed by atoms with Crippen LogP contribution in [0.3, 0.4) is 0 Å². The van der Waals surface area contributed by atoms with Crippen LogP contribution in [0.4, 0.5) is 5.95 Å². The van der Waals surface area contributed by atoms with E-state index in [4.69, 9.17) is 4.98 Å². The molecule has 0 aliphatic carbocycles. The van der Waals surface area contributed by atoms with E-state index in [0.29, 0.717) is 12.1 Å². The highest BCUT2D eigenvalue weighted by Crippen LogP contribution is 2.46. The summed E-state index contributed by atoms with van der Waals surface area (Å²) in [7, 11) is 0. The van der Waals surface area contributed by atoms with Gasteiger partial charge in [0.05, 0.1) is 11.3 Å². The van der Waals surface area contributed by atoms with Crippen molar-refractivity contribution in [1.82, 2.24) is 14.9 Å². The molecule has 1 aromatic carbocycles. The van der Waals surface area contributed by atoms with Gasteiger partial charge in [-0.15, -0.1) is 0 Å². The summed E-state index contributed by atoms with van der Waals surface area (Å²) < 4.78 is 0. The first-order valence-corrected chi connectivity index (χ1v) is 10.7. The second-order valence-corrected chi connectivity index (χ2v) is 8.91. The third-order valence-corrected chi connectivity index (χ3v) is 6.94. The predicted octanol–water partition coefficient (Wildman–Crippen LogP) is 3.40. The summed E-state index contributed by atoms with van der Waals surface area (Å²) in [4.78, 5) is 14.2. The molecule has 0 unspecified atom stereocenters. The molecule has 0 saturated carbocycles. The Kier molecular flexibility index (Phi) is 4.60. The highest BCUT2D eigenvalue weighted by Gasteiger charge is 2.48. The Morgan fingerprint density at radius 1 is 1.04 bits per heavy atom. The van der Waals surface area contributed by atoms with Gasteiger partial charge in [0.15, 0.2) is 0 Å². The molecule has 3 saturated heterocycles. The zero-order chi connectivity index (χ0) is 19.1. The second kappa shape index (κ2) is 7.12. The van der Waals surface area contributed by atoms with Gasteiger partial charge in [-0.3, -0.25) is 4.90 Å². The van der Waals surface area contributed by atoms with Crippen molar-refractivity contribution in [3.05, 3.63) is 53.3 Å². The molecule has 148 valence electrons. The van der Waals surface area contributed by atoms with Gasteiger partial charge in [0, 0.05) is 37.9 Å². The monoisotopic (exact) mass is 378 g/mol. The quantitative estimate of drug-likeness (QED) is 0.884. The maximum Gasteiger partial charge on any atom is 0.225 e. The molecule has 28 heavy (non-hydrogen) atoms.